The van der Waals surface area contributed by atoms with E-state index in [2.05, 4.69) is 4.72 Å². The SMILES string of the molecule is N#Cc1cccc(S(=O)(=O)Nc2cccc(CN3CCCC3=O)c2)c1. The molecule has 0 saturated carbocycles. The molecule has 0 aromatic heterocycles. The van der Waals surface area contributed by atoms with Crippen molar-refractivity contribution in [1.29, 1.82) is 5.26 Å². The summed E-state index contributed by atoms with van der Waals surface area (Å²) in [5.74, 6) is 0.124. The lowest BCUT2D eigenvalue weighted by Gasteiger charge is -2.16. The van der Waals surface area contributed by atoms with Crippen LogP contribution in [0.2, 0.25) is 0 Å². The minimum atomic E-state index is -3.78. The van der Waals surface area contributed by atoms with E-state index < -0.39 is 10.0 Å². The van der Waals surface area contributed by atoms with Gasteiger partial charge in [-0.05, 0) is 42.3 Å². The number of nitriles is 1. The van der Waals surface area contributed by atoms with Gasteiger partial charge in [0.15, 0.2) is 0 Å². The van der Waals surface area contributed by atoms with Gasteiger partial charge >= 0.3 is 0 Å². The molecule has 1 aliphatic rings. The number of carbonyl (C=O) groups is 1. The summed E-state index contributed by atoms with van der Waals surface area (Å²) in [4.78, 5) is 13.5. The summed E-state index contributed by atoms with van der Waals surface area (Å²) in [7, 11) is -3.78. The first-order valence-electron chi connectivity index (χ1n) is 7.88. The Labute approximate surface area is 146 Å². The molecule has 0 spiro atoms. The van der Waals surface area contributed by atoms with Crippen molar-refractivity contribution in [1.82, 2.24) is 4.90 Å². The number of carbonyl (C=O) groups excluding carboxylic acids is 1. The molecule has 3 rings (SSSR count). The maximum absolute atomic E-state index is 12.5. The van der Waals surface area contributed by atoms with Crippen LogP contribution < -0.4 is 4.72 Å². The van der Waals surface area contributed by atoms with E-state index in [9.17, 15) is 13.2 Å². The lowest BCUT2D eigenvalue weighted by molar-refractivity contribution is -0.128. The second kappa shape index (κ2) is 6.95. The van der Waals surface area contributed by atoms with Crippen LogP contribution in [0, 0.1) is 11.3 Å². The molecule has 2 aromatic rings. The van der Waals surface area contributed by atoms with Crippen LogP contribution in [0.25, 0.3) is 0 Å². The van der Waals surface area contributed by atoms with E-state index in [1.807, 2.05) is 12.1 Å². The number of rotatable bonds is 5. The highest BCUT2D eigenvalue weighted by Gasteiger charge is 2.20. The molecule has 128 valence electrons. The Hall–Kier alpha value is -2.85. The van der Waals surface area contributed by atoms with E-state index in [0.29, 0.717) is 18.7 Å². The van der Waals surface area contributed by atoms with Gasteiger partial charge in [-0.2, -0.15) is 5.26 Å². The monoisotopic (exact) mass is 355 g/mol. The molecular weight excluding hydrogens is 338 g/mol. The molecule has 1 fully saturated rings. The first-order valence-corrected chi connectivity index (χ1v) is 9.36. The van der Waals surface area contributed by atoms with Crippen molar-refractivity contribution >= 4 is 21.6 Å². The van der Waals surface area contributed by atoms with Crippen LogP contribution in [0.3, 0.4) is 0 Å². The van der Waals surface area contributed by atoms with Crippen LogP contribution >= 0.6 is 0 Å². The molecule has 1 saturated heterocycles. The van der Waals surface area contributed by atoms with Crippen LogP contribution in [0.15, 0.2) is 53.4 Å². The number of nitrogens with zero attached hydrogens (tertiary/aromatic N) is 2. The molecule has 1 amide bonds. The van der Waals surface area contributed by atoms with Crippen molar-refractivity contribution in [2.45, 2.75) is 24.3 Å². The van der Waals surface area contributed by atoms with E-state index in [1.54, 1.807) is 29.2 Å². The number of nitrogens with one attached hydrogen (secondary N) is 1. The van der Waals surface area contributed by atoms with Crippen molar-refractivity contribution in [2.24, 2.45) is 0 Å². The quantitative estimate of drug-likeness (QED) is 0.892. The van der Waals surface area contributed by atoms with E-state index in [-0.39, 0.29) is 16.4 Å². The third-order valence-electron chi connectivity index (χ3n) is 4.00. The Morgan fingerprint density at radius 3 is 2.68 bits per heavy atom. The summed E-state index contributed by atoms with van der Waals surface area (Å²) in [5, 5.41) is 8.91. The van der Waals surface area contributed by atoms with Gasteiger partial charge in [0, 0.05) is 25.2 Å². The molecule has 1 aliphatic heterocycles. The molecule has 0 aliphatic carbocycles. The van der Waals surface area contributed by atoms with Crippen LogP contribution in [-0.2, 0) is 21.4 Å². The van der Waals surface area contributed by atoms with Crippen molar-refractivity contribution in [3.05, 3.63) is 59.7 Å². The molecule has 6 nitrogen and oxygen atoms in total. The van der Waals surface area contributed by atoms with Crippen molar-refractivity contribution < 1.29 is 13.2 Å². The van der Waals surface area contributed by atoms with Gasteiger partial charge < -0.3 is 4.90 Å². The zero-order chi connectivity index (χ0) is 17.9. The van der Waals surface area contributed by atoms with Crippen molar-refractivity contribution in [2.75, 3.05) is 11.3 Å². The minimum Gasteiger partial charge on any atom is -0.338 e. The summed E-state index contributed by atoms with van der Waals surface area (Å²) in [6.07, 6.45) is 1.43. The summed E-state index contributed by atoms with van der Waals surface area (Å²) in [5.41, 5.74) is 1.57. The maximum Gasteiger partial charge on any atom is 0.261 e. The standard InChI is InChI=1S/C18H17N3O3S/c19-12-14-4-2-7-17(11-14)25(23,24)20-16-6-1-5-15(10-16)13-21-9-3-8-18(21)22/h1-2,4-7,10-11,20H,3,8-9,13H2. The number of hydrogen-bond donors (Lipinski definition) is 1. The highest BCUT2D eigenvalue weighted by atomic mass is 32.2. The predicted octanol–water partition coefficient (Wildman–Crippen LogP) is 2.48. The van der Waals surface area contributed by atoms with Gasteiger partial charge in [0.1, 0.15) is 0 Å². The number of sulfonamides is 1. The molecule has 25 heavy (non-hydrogen) atoms. The zero-order valence-corrected chi connectivity index (χ0v) is 14.3. The average Bonchev–Trinajstić information content (AvgIpc) is 3.00. The van der Waals surface area contributed by atoms with Crippen LogP contribution in [0.4, 0.5) is 5.69 Å². The number of amides is 1. The number of hydrogen-bond acceptors (Lipinski definition) is 4. The molecule has 0 unspecified atom stereocenters. The Bertz CT molecular complexity index is 948. The largest absolute Gasteiger partial charge is 0.338 e. The number of benzene rings is 2. The van der Waals surface area contributed by atoms with Gasteiger partial charge in [0.25, 0.3) is 10.0 Å². The van der Waals surface area contributed by atoms with Gasteiger partial charge in [0.05, 0.1) is 16.5 Å². The number of likely N-dealkylation sites (tertiary alicyclic amines) is 1. The Balaban J connectivity index is 1.79. The normalized spacial score (nSPS) is 14.4. The minimum absolute atomic E-state index is 0.0340. The van der Waals surface area contributed by atoms with Crippen molar-refractivity contribution in [3.8, 4) is 6.07 Å². The fourth-order valence-electron chi connectivity index (χ4n) is 2.77. The lowest BCUT2D eigenvalue weighted by atomic mass is 10.2. The van der Waals surface area contributed by atoms with E-state index >= 15 is 0 Å². The van der Waals surface area contributed by atoms with Gasteiger partial charge in [0.2, 0.25) is 5.91 Å². The summed E-state index contributed by atoms with van der Waals surface area (Å²) in [6.45, 7) is 1.20. The van der Waals surface area contributed by atoms with Gasteiger partial charge in [-0.1, -0.05) is 18.2 Å². The van der Waals surface area contributed by atoms with E-state index in [1.165, 1.54) is 18.2 Å². The highest BCUT2D eigenvalue weighted by Crippen LogP contribution is 2.20. The molecule has 0 radical (unpaired) electrons. The first-order chi connectivity index (χ1) is 12.0. The van der Waals surface area contributed by atoms with Gasteiger partial charge in [-0.25, -0.2) is 8.42 Å². The van der Waals surface area contributed by atoms with E-state index in [0.717, 1.165) is 18.5 Å². The topological polar surface area (TPSA) is 90.3 Å². The summed E-state index contributed by atoms with van der Waals surface area (Å²) in [6, 6.07) is 14.8. The fraction of sp³-hybridized carbons (Fsp3) is 0.222. The third-order valence-corrected chi connectivity index (χ3v) is 5.38. The second-order valence-electron chi connectivity index (χ2n) is 5.86. The van der Waals surface area contributed by atoms with Crippen LogP contribution in [-0.4, -0.2) is 25.8 Å². The molecule has 1 heterocycles. The average molecular weight is 355 g/mol. The number of anilines is 1. The summed E-state index contributed by atoms with van der Waals surface area (Å²) < 4.78 is 27.5. The zero-order valence-electron chi connectivity index (χ0n) is 13.5. The van der Waals surface area contributed by atoms with Gasteiger partial charge in [-0.3, -0.25) is 9.52 Å². The predicted molar refractivity (Wildman–Crippen MR) is 93.1 cm³/mol. The molecule has 7 heteroatoms. The molecule has 0 bridgehead atoms. The Morgan fingerprint density at radius 2 is 1.96 bits per heavy atom. The molecule has 2 aromatic carbocycles. The molecule has 1 N–H and O–H groups in total. The summed E-state index contributed by atoms with van der Waals surface area (Å²) >= 11 is 0. The fourth-order valence-corrected chi connectivity index (χ4v) is 3.87. The Kier molecular flexibility index (Phi) is 4.72. The molecule has 0 atom stereocenters. The first kappa shape index (κ1) is 17.0. The smallest absolute Gasteiger partial charge is 0.261 e. The van der Waals surface area contributed by atoms with Crippen LogP contribution in [0.5, 0.6) is 0 Å². The highest BCUT2D eigenvalue weighted by molar-refractivity contribution is 7.92. The molecular formula is C18H17N3O3S. The maximum atomic E-state index is 12.5. The van der Waals surface area contributed by atoms with Crippen LogP contribution in [0.1, 0.15) is 24.0 Å². The lowest BCUT2D eigenvalue weighted by Crippen LogP contribution is -2.23. The second-order valence-corrected chi connectivity index (χ2v) is 7.55. The third kappa shape index (κ3) is 3.98. The van der Waals surface area contributed by atoms with E-state index in [4.69, 9.17) is 5.26 Å². The van der Waals surface area contributed by atoms with Crippen molar-refractivity contribution in [3.63, 3.8) is 0 Å². The Morgan fingerprint density at radius 1 is 1.16 bits per heavy atom. The van der Waals surface area contributed by atoms with Gasteiger partial charge in [-0.15, -0.1) is 0 Å².